The molecule has 0 spiro atoms. The third kappa shape index (κ3) is 7.03. The van der Waals surface area contributed by atoms with E-state index in [1.165, 1.54) is 26.0 Å². The van der Waals surface area contributed by atoms with E-state index in [1.807, 2.05) is 0 Å². The summed E-state index contributed by atoms with van der Waals surface area (Å²) in [5.74, 6) is -1.66. The molecule has 34 heavy (non-hydrogen) atoms. The summed E-state index contributed by atoms with van der Waals surface area (Å²) in [6.45, 7) is 2.42. The van der Waals surface area contributed by atoms with Gasteiger partial charge in [0.2, 0.25) is 0 Å². The highest BCUT2D eigenvalue weighted by Crippen LogP contribution is 2.18. The minimum Gasteiger partial charge on any atom is -0.457 e. The van der Waals surface area contributed by atoms with Crippen LogP contribution in [-0.4, -0.2) is 23.9 Å². The van der Waals surface area contributed by atoms with Gasteiger partial charge in [0, 0.05) is 13.8 Å². The van der Waals surface area contributed by atoms with Crippen LogP contribution in [0.15, 0.2) is 72.8 Å². The summed E-state index contributed by atoms with van der Waals surface area (Å²) >= 11 is 0. The summed E-state index contributed by atoms with van der Waals surface area (Å²) in [5, 5.41) is 0. The molecular formula is C26H22O8. The third-order valence-electron chi connectivity index (χ3n) is 4.43. The van der Waals surface area contributed by atoms with Gasteiger partial charge < -0.3 is 18.9 Å². The van der Waals surface area contributed by atoms with Gasteiger partial charge in [-0.2, -0.15) is 0 Å². The second kappa shape index (κ2) is 11.4. The molecule has 0 aliphatic heterocycles. The molecule has 0 radical (unpaired) electrons. The molecule has 0 N–H and O–H groups in total. The molecule has 0 amide bonds. The molecule has 0 heterocycles. The predicted molar refractivity (Wildman–Crippen MR) is 120 cm³/mol. The second-order valence-corrected chi connectivity index (χ2v) is 7.18. The van der Waals surface area contributed by atoms with Crippen LogP contribution in [0.5, 0.6) is 11.5 Å². The minimum absolute atomic E-state index is 0.0531. The molecule has 3 aromatic rings. The van der Waals surface area contributed by atoms with Gasteiger partial charge in [-0.15, -0.1) is 0 Å². The molecule has 0 aliphatic carbocycles. The quantitative estimate of drug-likeness (QED) is 0.361. The highest BCUT2D eigenvalue weighted by molar-refractivity contribution is 6.03. The fraction of sp³-hybridized carbons (Fsp3) is 0.154. The second-order valence-electron chi connectivity index (χ2n) is 7.18. The lowest BCUT2D eigenvalue weighted by molar-refractivity contribution is -0.132. The van der Waals surface area contributed by atoms with E-state index in [9.17, 15) is 19.2 Å². The topological polar surface area (TPSA) is 105 Å². The Kier molecular flexibility index (Phi) is 8.12. The van der Waals surface area contributed by atoms with Gasteiger partial charge in [-0.3, -0.25) is 9.59 Å². The number of hydrogen-bond donors (Lipinski definition) is 0. The zero-order chi connectivity index (χ0) is 24.5. The Morgan fingerprint density at radius 2 is 1.00 bits per heavy atom. The fourth-order valence-electron chi connectivity index (χ4n) is 3.02. The molecule has 0 bridgehead atoms. The van der Waals surface area contributed by atoms with E-state index in [2.05, 4.69) is 0 Å². The zero-order valence-corrected chi connectivity index (χ0v) is 18.6. The molecular weight excluding hydrogens is 440 g/mol. The van der Waals surface area contributed by atoms with Crippen LogP contribution >= 0.6 is 0 Å². The van der Waals surface area contributed by atoms with Crippen LogP contribution in [0.25, 0.3) is 0 Å². The lowest BCUT2D eigenvalue weighted by Crippen LogP contribution is -2.14. The maximum absolute atomic E-state index is 12.7. The first kappa shape index (κ1) is 24.2. The monoisotopic (exact) mass is 462 g/mol. The fourth-order valence-corrected chi connectivity index (χ4v) is 3.02. The van der Waals surface area contributed by atoms with Gasteiger partial charge in [-0.05, 0) is 47.5 Å². The molecule has 8 heteroatoms. The number of ether oxygens (including phenoxy) is 4. The largest absolute Gasteiger partial charge is 0.457 e. The van der Waals surface area contributed by atoms with Crippen molar-refractivity contribution in [2.24, 2.45) is 0 Å². The molecule has 8 nitrogen and oxygen atoms in total. The van der Waals surface area contributed by atoms with Gasteiger partial charge in [0.15, 0.2) is 0 Å². The molecule has 0 aromatic heterocycles. The highest BCUT2D eigenvalue weighted by atomic mass is 16.5. The molecule has 3 aromatic carbocycles. The average molecular weight is 462 g/mol. The van der Waals surface area contributed by atoms with E-state index in [0.29, 0.717) is 22.6 Å². The molecule has 0 saturated heterocycles. The van der Waals surface area contributed by atoms with Crippen molar-refractivity contribution in [2.45, 2.75) is 27.1 Å². The van der Waals surface area contributed by atoms with Crippen molar-refractivity contribution in [3.8, 4) is 11.5 Å². The minimum atomic E-state index is -0.706. The lowest BCUT2D eigenvalue weighted by atomic mass is 10.1. The van der Waals surface area contributed by atoms with Gasteiger partial charge in [-0.25, -0.2) is 9.59 Å². The van der Waals surface area contributed by atoms with Gasteiger partial charge in [0.1, 0.15) is 24.7 Å². The highest BCUT2D eigenvalue weighted by Gasteiger charge is 2.19. The van der Waals surface area contributed by atoms with Crippen molar-refractivity contribution in [3.63, 3.8) is 0 Å². The molecule has 174 valence electrons. The van der Waals surface area contributed by atoms with Gasteiger partial charge in [0.05, 0.1) is 11.1 Å². The third-order valence-corrected chi connectivity index (χ3v) is 4.43. The summed E-state index contributed by atoms with van der Waals surface area (Å²) in [6.07, 6.45) is 0. The Morgan fingerprint density at radius 1 is 0.588 bits per heavy atom. The van der Waals surface area contributed by atoms with Crippen LogP contribution in [0.2, 0.25) is 0 Å². The van der Waals surface area contributed by atoms with E-state index in [4.69, 9.17) is 18.9 Å². The smallest absolute Gasteiger partial charge is 0.339 e. The van der Waals surface area contributed by atoms with E-state index >= 15 is 0 Å². The van der Waals surface area contributed by atoms with Crippen molar-refractivity contribution >= 4 is 23.9 Å². The number of esters is 4. The van der Waals surface area contributed by atoms with Gasteiger partial charge >= 0.3 is 23.9 Å². The van der Waals surface area contributed by atoms with E-state index < -0.39 is 23.9 Å². The maximum Gasteiger partial charge on any atom is 0.339 e. The van der Waals surface area contributed by atoms with Crippen LogP contribution in [0.4, 0.5) is 0 Å². The normalized spacial score (nSPS) is 10.2. The molecule has 0 aliphatic rings. The molecule has 3 rings (SSSR count). The van der Waals surface area contributed by atoms with Crippen molar-refractivity contribution in [3.05, 3.63) is 95.1 Å². The predicted octanol–water partition coefficient (Wildman–Crippen LogP) is 4.25. The van der Waals surface area contributed by atoms with Crippen molar-refractivity contribution in [2.75, 3.05) is 0 Å². The number of hydrogen-bond acceptors (Lipinski definition) is 8. The van der Waals surface area contributed by atoms with Crippen molar-refractivity contribution in [1.29, 1.82) is 0 Å². The Bertz CT molecular complexity index is 1120. The Labute approximate surface area is 196 Å². The molecule has 0 saturated carbocycles. The zero-order valence-electron chi connectivity index (χ0n) is 18.6. The molecule has 0 unspecified atom stereocenters. The average Bonchev–Trinajstić information content (AvgIpc) is 2.80. The van der Waals surface area contributed by atoms with Crippen LogP contribution in [0.3, 0.4) is 0 Å². The maximum atomic E-state index is 12.7. The lowest BCUT2D eigenvalue weighted by Gasteiger charge is -2.11. The van der Waals surface area contributed by atoms with E-state index in [-0.39, 0.29) is 24.3 Å². The first-order valence-electron chi connectivity index (χ1n) is 10.3. The van der Waals surface area contributed by atoms with Crippen LogP contribution < -0.4 is 9.47 Å². The number of carbonyl (C=O) groups excluding carboxylic acids is 4. The Hall–Kier alpha value is -4.46. The SMILES string of the molecule is CC(=O)Oc1cccc(COC(=O)c2ccccc2C(=O)OCc2cccc(OC(C)=O)c2)c1. The first-order chi connectivity index (χ1) is 16.3. The Balaban J connectivity index is 1.64. The van der Waals surface area contributed by atoms with Crippen LogP contribution in [0.1, 0.15) is 45.7 Å². The summed E-state index contributed by atoms with van der Waals surface area (Å²) in [7, 11) is 0. The van der Waals surface area contributed by atoms with Crippen LogP contribution in [-0.2, 0) is 32.3 Å². The van der Waals surface area contributed by atoms with Gasteiger partial charge in [-0.1, -0.05) is 36.4 Å². The van der Waals surface area contributed by atoms with Crippen molar-refractivity contribution < 1.29 is 38.1 Å². The van der Waals surface area contributed by atoms with Gasteiger partial charge in [0.25, 0.3) is 0 Å². The molecule has 0 atom stereocenters. The summed E-state index contributed by atoms with van der Waals surface area (Å²) in [4.78, 5) is 47.5. The standard InChI is InChI=1S/C26H22O8/c1-17(27)33-21-9-5-7-19(13-21)15-31-25(29)23-11-3-4-12-24(23)26(30)32-16-20-8-6-10-22(14-20)34-18(2)28/h3-14H,15-16H2,1-2H3. The van der Waals surface area contributed by atoms with Crippen LogP contribution in [0, 0.1) is 0 Å². The molecule has 0 fully saturated rings. The summed E-state index contributed by atoms with van der Waals surface area (Å²) < 4.78 is 20.7. The van der Waals surface area contributed by atoms with Crippen molar-refractivity contribution in [1.82, 2.24) is 0 Å². The number of rotatable bonds is 8. The van der Waals surface area contributed by atoms with E-state index in [0.717, 1.165) is 0 Å². The summed E-state index contributed by atoms with van der Waals surface area (Å²) in [6, 6.07) is 19.3. The summed E-state index contributed by atoms with van der Waals surface area (Å²) in [5.41, 5.74) is 1.33. The Morgan fingerprint density at radius 3 is 1.38 bits per heavy atom. The first-order valence-corrected chi connectivity index (χ1v) is 10.3. The number of carbonyl (C=O) groups is 4. The number of benzene rings is 3. The van der Waals surface area contributed by atoms with E-state index in [1.54, 1.807) is 60.7 Å².